The fourth-order valence-electron chi connectivity index (χ4n) is 2.59. The SMILES string of the molecule is CCOc1ccc([C@@H]2CCCN2C(C)C)cn1. The van der Waals surface area contributed by atoms with Crippen LogP contribution < -0.4 is 4.74 Å². The first-order valence-corrected chi connectivity index (χ1v) is 6.57. The number of aromatic nitrogens is 1. The minimum atomic E-state index is 0.540. The lowest BCUT2D eigenvalue weighted by Crippen LogP contribution is -2.30. The number of hydrogen-bond acceptors (Lipinski definition) is 3. The number of rotatable bonds is 4. The van der Waals surface area contributed by atoms with Crippen LogP contribution in [0.4, 0.5) is 0 Å². The molecule has 1 atom stereocenters. The second-order valence-corrected chi connectivity index (χ2v) is 4.85. The van der Waals surface area contributed by atoms with Gasteiger partial charge in [-0.15, -0.1) is 0 Å². The van der Waals surface area contributed by atoms with E-state index in [1.165, 1.54) is 24.9 Å². The van der Waals surface area contributed by atoms with E-state index in [2.05, 4.69) is 29.8 Å². The quantitative estimate of drug-likeness (QED) is 0.800. The zero-order valence-corrected chi connectivity index (χ0v) is 11.0. The van der Waals surface area contributed by atoms with Crippen molar-refractivity contribution in [3.8, 4) is 5.88 Å². The molecule has 17 heavy (non-hydrogen) atoms. The maximum atomic E-state index is 5.37. The van der Waals surface area contributed by atoms with Gasteiger partial charge in [-0.1, -0.05) is 6.07 Å². The van der Waals surface area contributed by atoms with Gasteiger partial charge in [0.15, 0.2) is 0 Å². The summed E-state index contributed by atoms with van der Waals surface area (Å²) >= 11 is 0. The van der Waals surface area contributed by atoms with Gasteiger partial charge in [0.1, 0.15) is 0 Å². The van der Waals surface area contributed by atoms with Crippen LogP contribution in [0, 0.1) is 0 Å². The maximum absolute atomic E-state index is 5.37. The number of likely N-dealkylation sites (tertiary alicyclic amines) is 1. The summed E-state index contributed by atoms with van der Waals surface area (Å²) in [5, 5.41) is 0. The van der Waals surface area contributed by atoms with Gasteiger partial charge in [-0.25, -0.2) is 4.98 Å². The Labute approximate surface area is 104 Å². The molecule has 2 rings (SSSR count). The first kappa shape index (κ1) is 12.4. The highest BCUT2D eigenvalue weighted by atomic mass is 16.5. The summed E-state index contributed by atoms with van der Waals surface area (Å²) in [4.78, 5) is 6.91. The lowest BCUT2D eigenvalue weighted by molar-refractivity contribution is 0.205. The Hall–Kier alpha value is -1.09. The molecular weight excluding hydrogens is 212 g/mol. The van der Waals surface area contributed by atoms with Crippen molar-refractivity contribution in [1.29, 1.82) is 0 Å². The van der Waals surface area contributed by atoms with Gasteiger partial charge in [-0.05, 0) is 45.7 Å². The van der Waals surface area contributed by atoms with Gasteiger partial charge in [-0.2, -0.15) is 0 Å². The summed E-state index contributed by atoms with van der Waals surface area (Å²) in [5.41, 5.74) is 1.32. The highest BCUT2D eigenvalue weighted by molar-refractivity contribution is 5.21. The van der Waals surface area contributed by atoms with Gasteiger partial charge in [0, 0.05) is 24.3 Å². The molecule has 0 amide bonds. The van der Waals surface area contributed by atoms with E-state index in [4.69, 9.17) is 4.74 Å². The Kier molecular flexibility index (Phi) is 4.00. The van der Waals surface area contributed by atoms with Crippen molar-refractivity contribution in [3.05, 3.63) is 23.9 Å². The van der Waals surface area contributed by atoms with Gasteiger partial charge >= 0.3 is 0 Å². The molecule has 1 aliphatic rings. The third-order valence-corrected chi connectivity index (χ3v) is 3.39. The molecule has 0 spiro atoms. The predicted octanol–water partition coefficient (Wildman–Crippen LogP) is 3.03. The average Bonchev–Trinajstić information content (AvgIpc) is 2.79. The van der Waals surface area contributed by atoms with E-state index in [1.54, 1.807) is 0 Å². The molecule has 2 heterocycles. The molecule has 0 saturated carbocycles. The van der Waals surface area contributed by atoms with E-state index in [9.17, 15) is 0 Å². The molecule has 1 saturated heterocycles. The topological polar surface area (TPSA) is 25.4 Å². The molecule has 1 aromatic rings. The van der Waals surface area contributed by atoms with Crippen molar-refractivity contribution < 1.29 is 4.74 Å². The standard InChI is InChI=1S/C14H22N2O/c1-4-17-14-8-7-12(10-15-14)13-6-5-9-16(13)11(2)3/h7-8,10-11,13H,4-6,9H2,1-3H3/t13-/m0/s1. The highest BCUT2D eigenvalue weighted by Crippen LogP contribution is 2.33. The Bertz CT molecular complexity index is 348. The van der Waals surface area contributed by atoms with Gasteiger partial charge in [-0.3, -0.25) is 4.90 Å². The Balaban J connectivity index is 2.11. The number of nitrogens with zero attached hydrogens (tertiary/aromatic N) is 2. The predicted molar refractivity (Wildman–Crippen MR) is 69.2 cm³/mol. The van der Waals surface area contributed by atoms with Crippen molar-refractivity contribution in [2.75, 3.05) is 13.2 Å². The zero-order chi connectivity index (χ0) is 12.3. The lowest BCUT2D eigenvalue weighted by atomic mass is 10.1. The number of pyridine rings is 1. The molecule has 1 aromatic heterocycles. The van der Waals surface area contributed by atoms with Crippen molar-refractivity contribution in [3.63, 3.8) is 0 Å². The molecule has 94 valence electrons. The van der Waals surface area contributed by atoms with Gasteiger partial charge in [0.25, 0.3) is 0 Å². The molecule has 3 heteroatoms. The zero-order valence-electron chi connectivity index (χ0n) is 11.0. The summed E-state index contributed by atoms with van der Waals surface area (Å²) in [7, 11) is 0. The maximum Gasteiger partial charge on any atom is 0.213 e. The van der Waals surface area contributed by atoms with E-state index in [1.807, 2.05) is 19.2 Å². The van der Waals surface area contributed by atoms with Crippen molar-refractivity contribution >= 4 is 0 Å². The van der Waals surface area contributed by atoms with E-state index in [-0.39, 0.29) is 0 Å². The van der Waals surface area contributed by atoms with Crippen LogP contribution in [0.5, 0.6) is 5.88 Å². The van der Waals surface area contributed by atoms with E-state index < -0.39 is 0 Å². The van der Waals surface area contributed by atoms with Crippen molar-refractivity contribution in [2.45, 2.75) is 45.7 Å². The van der Waals surface area contributed by atoms with Gasteiger partial charge in [0.2, 0.25) is 5.88 Å². The molecule has 1 aliphatic heterocycles. The van der Waals surface area contributed by atoms with Crippen molar-refractivity contribution in [1.82, 2.24) is 9.88 Å². The molecule has 0 aliphatic carbocycles. The van der Waals surface area contributed by atoms with Crippen LogP contribution in [-0.4, -0.2) is 29.1 Å². The fraction of sp³-hybridized carbons (Fsp3) is 0.643. The average molecular weight is 234 g/mol. The molecule has 3 nitrogen and oxygen atoms in total. The lowest BCUT2D eigenvalue weighted by Gasteiger charge is -2.28. The van der Waals surface area contributed by atoms with E-state index >= 15 is 0 Å². The van der Waals surface area contributed by atoms with Crippen LogP contribution in [-0.2, 0) is 0 Å². The summed E-state index contributed by atoms with van der Waals surface area (Å²) < 4.78 is 5.37. The Morgan fingerprint density at radius 1 is 1.47 bits per heavy atom. The van der Waals surface area contributed by atoms with Gasteiger partial charge in [0.05, 0.1) is 6.61 Å². The molecule has 1 fully saturated rings. The minimum Gasteiger partial charge on any atom is -0.478 e. The third-order valence-electron chi connectivity index (χ3n) is 3.39. The Morgan fingerprint density at radius 3 is 2.88 bits per heavy atom. The Morgan fingerprint density at radius 2 is 2.29 bits per heavy atom. The van der Waals surface area contributed by atoms with Crippen molar-refractivity contribution in [2.24, 2.45) is 0 Å². The van der Waals surface area contributed by atoms with Crippen LogP contribution in [0.2, 0.25) is 0 Å². The molecule has 0 N–H and O–H groups in total. The van der Waals surface area contributed by atoms with E-state index in [0.717, 1.165) is 5.88 Å². The van der Waals surface area contributed by atoms with Crippen LogP contribution >= 0.6 is 0 Å². The minimum absolute atomic E-state index is 0.540. The molecule has 0 bridgehead atoms. The molecule has 0 radical (unpaired) electrons. The normalized spacial score (nSPS) is 21.1. The van der Waals surface area contributed by atoms with Crippen LogP contribution in [0.1, 0.15) is 45.2 Å². The molecule has 0 aromatic carbocycles. The first-order chi connectivity index (χ1) is 8.22. The number of hydrogen-bond donors (Lipinski definition) is 0. The second-order valence-electron chi connectivity index (χ2n) is 4.85. The second kappa shape index (κ2) is 5.50. The van der Waals surface area contributed by atoms with Crippen LogP contribution in [0.25, 0.3) is 0 Å². The highest BCUT2D eigenvalue weighted by Gasteiger charge is 2.27. The van der Waals surface area contributed by atoms with Crippen LogP contribution in [0.15, 0.2) is 18.3 Å². The largest absolute Gasteiger partial charge is 0.478 e. The van der Waals surface area contributed by atoms with Crippen LogP contribution in [0.3, 0.4) is 0 Å². The summed E-state index contributed by atoms with van der Waals surface area (Å²) in [6.45, 7) is 8.39. The molecule has 0 unspecified atom stereocenters. The van der Waals surface area contributed by atoms with E-state index in [0.29, 0.717) is 18.7 Å². The number of ether oxygens (including phenoxy) is 1. The summed E-state index contributed by atoms with van der Waals surface area (Å²) in [5.74, 6) is 0.727. The summed E-state index contributed by atoms with van der Waals surface area (Å²) in [6, 6.07) is 5.28. The fourth-order valence-corrected chi connectivity index (χ4v) is 2.59. The van der Waals surface area contributed by atoms with Gasteiger partial charge < -0.3 is 4.74 Å². The summed E-state index contributed by atoms with van der Waals surface area (Å²) in [6.07, 6.45) is 4.50. The third kappa shape index (κ3) is 2.78. The first-order valence-electron chi connectivity index (χ1n) is 6.57. The molecular formula is C14H22N2O. The monoisotopic (exact) mass is 234 g/mol. The smallest absolute Gasteiger partial charge is 0.213 e.